The van der Waals surface area contributed by atoms with E-state index in [-0.39, 0.29) is 107 Å². The Balaban J connectivity index is 0.000000245. The van der Waals surface area contributed by atoms with E-state index in [0.717, 1.165) is 114 Å². The Morgan fingerprint density at radius 1 is 0.438 bits per heavy atom. The van der Waals surface area contributed by atoms with Crippen LogP contribution in [0.25, 0.3) is 34.4 Å². The lowest BCUT2D eigenvalue weighted by Crippen LogP contribution is -2.50. The number of nitrogens with zero attached hydrogens (tertiary/aromatic N) is 13. The molecular weight excluding hydrogens is 1840 g/mol. The maximum Gasteiger partial charge on any atom is 0.410 e. The topological polar surface area (TPSA) is 343 Å². The summed E-state index contributed by atoms with van der Waals surface area (Å²) in [6, 6.07) is 58.3. The van der Waals surface area contributed by atoms with Gasteiger partial charge < -0.3 is 56.9 Å². The van der Waals surface area contributed by atoms with Crippen molar-refractivity contribution >= 4 is 55.0 Å². The van der Waals surface area contributed by atoms with Gasteiger partial charge in [-0.05, 0) is 266 Å². The molecule has 6 aromatic carbocycles. The Morgan fingerprint density at radius 3 is 1.10 bits per heavy atom. The molecule has 3 radical (unpaired) electrons. The van der Waals surface area contributed by atoms with Crippen LogP contribution in [0.5, 0.6) is 0 Å². The van der Waals surface area contributed by atoms with Crippen molar-refractivity contribution in [1.29, 1.82) is 0 Å². The van der Waals surface area contributed by atoms with Gasteiger partial charge in [-0.15, -0.1) is 30.6 Å². The van der Waals surface area contributed by atoms with Crippen LogP contribution in [-0.4, -0.2) is 187 Å². The van der Waals surface area contributed by atoms with Crippen LogP contribution in [0.15, 0.2) is 232 Å². The summed E-state index contributed by atoms with van der Waals surface area (Å²) in [5.74, 6) is 2.61. The molecule has 2 saturated heterocycles. The van der Waals surface area contributed by atoms with E-state index in [2.05, 4.69) is 155 Å². The van der Waals surface area contributed by atoms with Gasteiger partial charge >= 0.3 is 18.2 Å². The van der Waals surface area contributed by atoms with Gasteiger partial charge in [0.25, 0.3) is 11.8 Å². The van der Waals surface area contributed by atoms with Crippen molar-refractivity contribution in [2.24, 2.45) is 11.8 Å². The van der Waals surface area contributed by atoms with Gasteiger partial charge in [-0.1, -0.05) is 191 Å². The minimum absolute atomic E-state index is 0. The number of carboxylic acids is 1. The molecule has 28 nitrogen and oxygen atoms in total. The fourth-order valence-electron chi connectivity index (χ4n) is 17.4. The number of benzene rings is 6. The number of carboxylic acid groups (broad SMARTS) is 1. The number of nitrogens with one attached hydrogen (secondary N) is 1. The van der Waals surface area contributed by atoms with Crippen LogP contribution in [-0.2, 0) is 57.2 Å². The van der Waals surface area contributed by atoms with E-state index >= 15 is 0 Å². The summed E-state index contributed by atoms with van der Waals surface area (Å²) in [6.45, 7) is 40.6. The Kier molecular flexibility index (Phi) is 41.6. The monoisotopic (exact) mass is 2000 g/mol. The largest absolute Gasteiger partial charge is 0.478 e. The van der Waals surface area contributed by atoms with Gasteiger partial charge in [0.15, 0.2) is 16.6 Å². The van der Waals surface area contributed by atoms with E-state index in [1.54, 1.807) is 87.8 Å². The van der Waals surface area contributed by atoms with Crippen LogP contribution in [0.3, 0.4) is 0 Å². The van der Waals surface area contributed by atoms with Crippen molar-refractivity contribution in [2.75, 3.05) is 21.1 Å². The summed E-state index contributed by atoms with van der Waals surface area (Å²) >= 11 is 0. The van der Waals surface area contributed by atoms with Crippen molar-refractivity contribution in [1.82, 2.24) is 70.5 Å². The molecule has 0 unspecified atom stereocenters. The summed E-state index contributed by atoms with van der Waals surface area (Å²) in [7, 11) is 1.05. The predicted molar refractivity (Wildman–Crippen MR) is 571 cm³/mol. The van der Waals surface area contributed by atoms with Gasteiger partial charge in [-0.2, -0.15) is 0 Å². The van der Waals surface area contributed by atoms with Crippen LogP contribution >= 0.6 is 0 Å². The minimum Gasteiger partial charge on any atom is -0.478 e. The number of likely N-dealkylation sites (tertiary alicyclic amines) is 2. The SMILES string of the molecule is C.C.C.CC(C)(C)OC(=O)N1[C@H](Cc2ccc(C(=O)O)cc2)CC[C@@H]1[C@H](O[Si](C)(C)C(C)(C)C)c1ccccc1.CNCc1cncc(-c2nnc(C)o2)c1.Cc1nnc(-c2cncc(CN(C)C(=O)c3ccc(C[C@@H]4CC[C@H]([C@H](O)c5ccccc5)C4)cc3)c2)o1.Cc1nnc(-c2cncc(CN(C)C(=O)c3ccc(C[C@@H]4CC[C@H]([C@H](O[Si](C)(C)C(C)(C)C)c5ccccc5)N4C(=O)OC(C)(C)C)cc3)c2)o1.[B]. The number of rotatable bonds is 28. The highest BCUT2D eigenvalue weighted by molar-refractivity contribution is 6.74. The molecule has 0 spiro atoms. The molecule has 2 aliphatic heterocycles. The first-order chi connectivity index (χ1) is 66.3. The Labute approximate surface area is 857 Å². The maximum absolute atomic E-state index is 14.0. The molecule has 9 atom stereocenters. The zero-order valence-electron chi connectivity index (χ0n) is 85.9. The number of aliphatic hydroxyl groups excluding tert-OH is 1. The first-order valence-electron chi connectivity index (χ1n) is 48.4. The summed E-state index contributed by atoms with van der Waals surface area (Å²) in [5, 5.41) is 46.7. The molecule has 6 aromatic heterocycles. The van der Waals surface area contributed by atoms with Crippen LogP contribution in [0.4, 0.5) is 9.59 Å². The number of carbonyl (C=O) groups is 5. The molecule has 31 heteroatoms. The second-order valence-corrected chi connectivity index (χ2v) is 51.6. The third-order valence-electron chi connectivity index (χ3n) is 26.6. The second kappa shape index (κ2) is 51.3. The predicted octanol–water partition coefficient (Wildman–Crippen LogP) is 24.3. The molecule has 3 aliphatic rings. The molecular formula is C113H152BN14O14Si2. The molecule has 769 valence electrons. The Bertz CT molecular complexity index is 6070. The fraction of sp³-hybridized carbons (Fsp3) is 0.451. The molecule has 0 bridgehead atoms. The number of aromatic carboxylic acids is 1. The average molecular weight is 2000 g/mol. The lowest BCUT2D eigenvalue weighted by molar-refractivity contribution is -0.00310. The maximum atomic E-state index is 14.0. The molecule has 144 heavy (non-hydrogen) atoms. The fourth-order valence-corrected chi connectivity index (χ4v) is 20.0. The van der Waals surface area contributed by atoms with Gasteiger partial charge in [0.05, 0.1) is 52.6 Å². The van der Waals surface area contributed by atoms with E-state index in [1.807, 2.05) is 198 Å². The van der Waals surface area contributed by atoms with Crippen molar-refractivity contribution in [3.8, 4) is 34.4 Å². The molecule has 3 N–H and O–H groups in total. The van der Waals surface area contributed by atoms with E-state index in [4.69, 9.17) is 31.6 Å². The minimum atomic E-state index is -2.22. The van der Waals surface area contributed by atoms with Crippen molar-refractivity contribution in [2.45, 2.75) is 300 Å². The van der Waals surface area contributed by atoms with E-state index in [1.165, 1.54) is 5.56 Å². The normalized spacial score (nSPS) is 16.9. The summed E-state index contributed by atoms with van der Waals surface area (Å²) in [5.41, 5.74) is 11.7. The number of pyridine rings is 3. The zero-order valence-corrected chi connectivity index (χ0v) is 87.9. The van der Waals surface area contributed by atoms with Gasteiger partial charge in [-0.3, -0.25) is 34.3 Å². The standard InChI is InChI=1S/C40H53N5O5Si.C30H32N4O3.C30H43NO5Si.C10H12N4O.3CH4.B/c1-27-42-43-36(48-27)32-22-29(24-41-25-32)26-44(8)37(46)31-18-16-28(17-19-31)23-33-20-21-34(45(33)38(47)49-39(2,3)4)35(30-14-12-11-13-15-30)50-51(9,10)40(5,6)7;1-20-32-33-29(37-20)27-16-23(17-31-18-27)19-34(2)30(36)25-11-8-21(9-12-25)14-22-10-13-26(15-22)28(35)24-6-4-3-5-7-24;1-29(2,3)35-28(34)31-24(20-21-14-16-23(17-15-21)27(32)33)18-19-25(31)26(22-12-10-9-11-13-22)36-37(7,8)30(4,5)6;1-7-13-14-10(15-7)9-3-8(4-11-2)5-12-6-9;;;;/h11-19,22,24-25,33-35H,20-21,23,26H2,1-10H3;3-9,11-12,16-18,22,26,28,35H,10,13-15,19H2,1-2H3;9-17,24-26H,18-20H2,1-8H3,(H,32,33);3,5-6,11H,4H2,1-2H3;3*1H4;/t33-,34+,35+;22-,26-,28+;24-,25+,26+;;;;;/m000...../s1. The first kappa shape index (κ1) is 117. The average Bonchev–Trinajstić information content (AvgIpc) is 1.58. The van der Waals surface area contributed by atoms with E-state index in [0.29, 0.717) is 89.8 Å². The number of aryl methyl sites for hydroxylation is 3. The molecule has 15 rings (SSSR count). The number of aliphatic hydroxyl groups is 1. The van der Waals surface area contributed by atoms with Gasteiger partial charge in [0, 0.05) is 123 Å². The second-order valence-electron chi connectivity index (χ2n) is 42.1. The molecule has 12 aromatic rings. The van der Waals surface area contributed by atoms with Crippen LogP contribution in [0, 0.1) is 32.6 Å². The number of ether oxygens (including phenoxy) is 2. The molecule has 1 saturated carbocycles. The van der Waals surface area contributed by atoms with Crippen molar-refractivity contribution in [3.63, 3.8) is 0 Å². The van der Waals surface area contributed by atoms with Gasteiger partial charge in [-0.25, -0.2) is 14.4 Å². The molecule has 3 fully saturated rings. The van der Waals surface area contributed by atoms with Gasteiger partial charge in [0.2, 0.25) is 35.3 Å². The van der Waals surface area contributed by atoms with E-state index in [9.17, 15) is 34.2 Å². The summed E-state index contributed by atoms with van der Waals surface area (Å²) in [4.78, 5) is 85.4. The number of aromatic nitrogens is 9. The summed E-state index contributed by atoms with van der Waals surface area (Å²) in [6.07, 6.45) is 17.4. The van der Waals surface area contributed by atoms with Crippen LogP contribution < -0.4 is 5.32 Å². The van der Waals surface area contributed by atoms with Gasteiger partial charge in [0.1, 0.15) is 11.2 Å². The Morgan fingerprint density at radius 2 is 0.771 bits per heavy atom. The molecule has 1 aliphatic carbocycles. The number of hydrogen-bond donors (Lipinski definition) is 3. The summed E-state index contributed by atoms with van der Waals surface area (Å²) < 4.78 is 42.5. The molecule has 4 amide bonds. The quantitative estimate of drug-likeness (QED) is 0.0383. The smallest absolute Gasteiger partial charge is 0.410 e. The van der Waals surface area contributed by atoms with Crippen molar-refractivity contribution < 1.29 is 65.8 Å². The zero-order chi connectivity index (χ0) is 101. The number of hydrogen-bond acceptors (Lipinski definition) is 23. The van der Waals surface area contributed by atoms with Crippen LogP contribution in [0.2, 0.25) is 36.3 Å². The third kappa shape index (κ3) is 32.0. The highest BCUT2D eigenvalue weighted by Gasteiger charge is 2.50. The van der Waals surface area contributed by atoms with Crippen molar-refractivity contribution in [3.05, 3.63) is 304 Å². The lowest BCUT2D eigenvalue weighted by Gasteiger charge is -2.43. The highest BCUT2D eigenvalue weighted by atomic mass is 28.4. The third-order valence-corrected chi connectivity index (χ3v) is 35.5. The Hall–Kier alpha value is -12.5. The number of carbonyl (C=O) groups excluding carboxylic acids is 4. The van der Waals surface area contributed by atoms with E-state index < -0.39 is 39.9 Å². The number of amides is 4. The lowest BCUT2D eigenvalue weighted by atomic mass is 9.91. The highest BCUT2D eigenvalue weighted by Crippen LogP contribution is 2.48. The first-order valence-corrected chi connectivity index (χ1v) is 54.2. The van der Waals surface area contributed by atoms with Crippen LogP contribution in [0.1, 0.15) is 267 Å². The molecule has 8 heterocycles.